The lowest BCUT2D eigenvalue weighted by Crippen LogP contribution is -2.24. The van der Waals surface area contributed by atoms with Gasteiger partial charge in [0.2, 0.25) is 0 Å². The lowest BCUT2D eigenvalue weighted by Gasteiger charge is -2.19. The Balaban J connectivity index is 2.21. The van der Waals surface area contributed by atoms with Crippen LogP contribution in [0.25, 0.3) is 0 Å². The van der Waals surface area contributed by atoms with Gasteiger partial charge < -0.3 is 9.64 Å². The van der Waals surface area contributed by atoms with E-state index in [1.165, 1.54) is 19.2 Å². The molecule has 108 valence electrons. The van der Waals surface area contributed by atoms with E-state index in [1.54, 1.807) is 6.07 Å². The van der Waals surface area contributed by atoms with Crippen LogP contribution in [-0.4, -0.2) is 31.1 Å². The van der Waals surface area contributed by atoms with Gasteiger partial charge in [-0.2, -0.15) is 0 Å². The van der Waals surface area contributed by atoms with Crippen molar-refractivity contribution in [1.29, 1.82) is 0 Å². The maximum absolute atomic E-state index is 11.7. The van der Waals surface area contributed by atoms with Gasteiger partial charge in [0.05, 0.1) is 28.7 Å². The molecule has 1 aromatic rings. The van der Waals surface area contributed by atoms with Crippen molar-refractivity contribution in [3.8, 4) is 0 Å². The molecule has 0 saturated carbocycles. The minimum absolute atomic E-state index is 0.0458. The van der Waals surface area contributed by atoms with Gasteiger partial charge in [-0.3, -0.25) is 14.9 Å². The van der Waals surface area contributed by atoms with Crippen LogP contribution in [0.1, 0.15) is 6.92 Å². The molecular formula is C13H15ClN2O4. The number of halogens is 1. The second kappa shape index (κ2) is 5.66. The summed E-state index contributed by atoms with van der Waals surface area (Å²) >= 11 is 6.10. The number of nitro benzene ring substituents is 1. The maximum Gasteiger partial charge on any atom is 0.310 e. The monoisotopic (exact) mass is 298 g/mol. The van der Waals surface area contributed by atoms with Gasteiger partial charge in [-0.15, -0.1) is 0 Å². The number of nitro groups is 1. The number of rotatable bonds is 3. The zero-order valence-electron chi connectivity index (χ0n) is 11.2. The van der Waals surface area contributed by atoms with Crippen LogP contribution in [0, 0.1) is 22.0 Å². The number of benzene rings is 1. The third-order valence-corrected chi connectivity index (χ3v) is 3.90. The minimum Gasteiger partial charge on any atom is -0.469 e. The lowest BCUT2D eigenvalue weighted by atomic mass is 9.99. The Bertz CT molecular complexity index is 549. The van der Waals surface area contributed by atoms with Crippen LogP contribution in [-0.2, 0) is 9.53 Å². The number of ether oxygens (including phenoxy) is 1. The van der Waals surface area contributed by atoms with Crippen LogP contribution in [0.15, 0.2) is 18.2 Å². The molecule has 1 fully saturated rings. The van der Waals surface area contributed by atoms with Gasteiger partial charge in [-0.1, -0.05) is 18.5 Å². The van der Waals surface area contributed by atoms with Crippen molar-refractivity contribution < 1.29 is 14.5 Å². The van der Waals surface area contributed by atoms with Gasteiger partial charge in [0.1, 0.15) is 0 Å². The van der Waals surface area contributed by atoms with Crippen molar-refractivity contribution in [2.45, 2.75) is 6.92 Å². The molecule has 2 atom stereocenters. The fraction of sp³-hybridized carbons (Fsp3) is 0.462. The molecule has 1 heterocycles. The second-order valence-electron chi connectivity index (χ2n) is 4.90. The van der Waals surface area contributed by atoms with Gasteiger partial charge in [-0.05, 0) is 12.0 Å². The van der Waals surface area contributed by atoms with Crippen molar-refractivity contribution in [2.75, 3.05) is 25.1 Å². The van der Waals surface area contributed by atoms with Crippen LogP contribution in [0.3, 0.4) is 0 Å². The molecule has 1 aliphatic rings. The van der Waals surface area contributed by atoms with Crippen molar-refractivity contribution in [3.63, 3.8) is 0 Å². The summed E-state index contributed by atoms with van der Waals surface area (Å²) in [7, 11) is 1.37. The molecule has 2 rings (SSSR count). The molecule has 0 aromatic heterocycles. The number of carbonyl (C=O) groups is 1. The Morgan fingerprint density at radius 3 is 2.75 bits per heavy atom. The Hall–Kier alpha value is -1.82. The van der Waals surface area contributed by atoms with E-state index in [4.69, 9.17) is 16.3 Å². The number of hydrogen-bond donors (Lipinski definition) is 0. The first-order chi connectivity index (χ1) is 9.43. The van der Waals surface area contributed by atoms with E-state index >= 15 is 0 Å². The third-order valence-electron chi connectivity index (χ3n) is 3.60. The molecule has 2 unspecified atom stereocenters. The van der Waals surface area contributed by atoms with Gasteiger partial charge in [-0.25, -0.2) is 0 Å². The normalized spacial score (nSPS) is 21.9. The first-order valence-electron chi connectivity index (χ1n) is 6.20. The van der Waals surface area contributed by atoms with Crippen LogP contribution >= 0.6 is 11.6 Å². The largest absolute Gasteiger partial charge is 0.469 e. The molecule has 0 N–H and O–H groups in total. The minimum atomic E-state index is -0.487. The topological polar surface area (TPSA) is 72.7 Å². The Labute approximate surface area is 121 Å². The van der Waals surface area contributed by atoms with E-state index in [1.807, 2.05) is 11.8 Å². The highest BCUT2D eigenvalue weighted by Crippen LogP contribution is 2.35. The number of carbonyl (C=O) groups excluding carboxylic acids is 1. The molecule has 0 radical (unpaired) electrons. The van der Waals surface area contributed by atoms with Gasteiger partial charge in [0.25, 0.3) is 5.69 Å². The SMILES string of the molecule is COC(=O)C1CN(c2ccc([N+](=O)[O-])cc2Cl)CC1C. The molecule has 6 nitrogen and oxygen atoms in total. The summed E-state index contributed by atoms with van der Waals surface area (Å²) in [6.45, 7) is 3.14. The predicted octanol–water partition coefficient (Wildman–Crippen LogP) is 2.49. The fourth-order valence-electron chi connectivity index (χ4n) is 2.49. The molecule has 1 aliphatic heterocycles. The molecule has 7 heteroatoms. The van der Waals surface area contributed by atoms with Crippen LogP contribution in [0.4, 0.5) is 11.4 Å². The van der Waals surface area contributed by atoms with Gasteiger partial charge in [0, 0.05) is 25.2 Å². The number of methoxy groups -OCH3 is 1. The number of nitrogens with zero attached hydrogens (tertiary/aromatic N) is 2. The quantitative estimate of drug-likeness (QED) is 0.487. The summed E-state index contributed by atoms with van der Waals surface area (Å²) in [5.74, 6) is -0.294. The van der Waals surface area contributed by atoms with Crippen LogP contribution in [0.5, 0.6) is 0 Å². The van der Waals surface area contributed by atoms with E-state index in [2.05, 4.69) is 0 Å². The molecule has 0 bridgehead atoms. The first kappa shape index (κ1) is 14.6. The molecule has 20 heavy (non-hydrogen) atoms. The second-order valence-corrected chi connectivity index (χ2v) is 5.31. The van der Waals surface area contributed by atoms with E-state index in [0.29, 0.717) is 23.8 Å². The lowest BCUT2D eigenvalue weighted by molar-refractivity contribution is -0.384. The standard InChI is InChI=1S/C13H15ClN2O4/c1-8-6-15(7-10(8)13(17)20-2)12-4-3-9(16(18)19)5-11(12)14/h3-5,8,10H,6-7H2,1-2H3. The van der Waals surface area contributed by atoms with Crippen molar-refractivity contribution in [2.24, 2.45) is 11.8 Å². The van der Waals surface area contributed by atoms with Crippen LogP contribution < -0.4 is 4.90 Å². The van der Waals surface area contributed by atoms with Crippen LogP contribution in [0.2, 0.25) is 5.02 Å². The molecule has 1 saturated heterocycles. The number of esters is 1. The Kier molecular flexibility index (Phi) is 4.13. The van der Waals surface area contributed by atoms with Crippen molar-refractivity contribution in [1.82, 2.24) is 0 Å². The summed E-state index contributed by atoms with van der Waals surface area (Å²) in [4.78, 5) is 23.8. The highest BCUT2D eigenvalue weighted by Gasteiger charge is 2.36. The summed E-state index contributed by atoms with van der Waals surface area (Å²) < 4.78 is 4.78. The summed E-state index contributed by atoms with van der Waals surface area (Å²) in [5.41, 5.74) is 0.658. The number of hydrogen-bond acceptors (Lipinski definition) is 5. The highest BCUT2D eigenvalue weighted by atomic mass is 35.5. The van der Waals surface area contributed by atoms with E-state index in [9.17, 15) is 14.9 Å². The smallest absolute Gasteiger partial charge is 0.310 e. The zero-order valence-corrected chi connectivity index (χ0v) is 12.0. The van der Waals surface area contributed by atoms with E-state index < -0.39 is 4.92 Å². The summed E-state index contributed by atoms with van der Waals surface area (Å²) in [5, 5.41) is 11.0. The Morgan fingerprint density at radius 2 is 2.20 bits per heavy atom. The average molecular weight is 299 g/mol. The molecular weight excluding hydrogens is 284 g/mol. The zero-order chi connectivity index (χ0) is 14.9. The molecule has 0 amide bonds. The molecule has 0 aliphatic carbocycles. The summed E-state index contributed by atoms with van der Waals surface area (Å²) in [6, 6.07) is 4.36. The third kappa shape index (κ3) is 2.70. The first-order valence-corrected chi connectivity index (χ1v) is 6.58. The van der Waals surface area contributed by atoms with Crippen molar-refractivity contribution in [3.05, 3.63) is 33.3 Å². The fourth-order valence-corrected chi connectivity index (χ4v) is 2.78. The average Bonchev–Trinajstić information content (AvgIpc) is 2.79. The highest BCUT2D eigenvalue weighted by molar-refractivity contribution is 6.33. The number of non-ortho nitro benzene ring substituents is 1. The Morgan fingerprint density at radius 1 is 1.50 bits per heavy atom. The van der Waals surface area contributed by atoms with Gasteiger partial charge in [0.15, 0.2) is 0 Å². The maximum atomic E-state index is 11.7. The number of anilines is 1. The van der Waals surface area contributed by atoms with E-state index in [-0.39, 0.29) is 23.5 Å². The van der Waals surface area contributed by atoms with Crippen molar-refractivity contribution >= 4 is 28.9 Å². The molecule has 0 spiro atoms. The van der Waals surface area contributed by atoms with Gasteiger partial charge >= 0.3 is 5.97 Å². The van der Waals surface area contributed by atoms with E-state index in [0.717, 1.165) is 0 Å². The molecule has 1 aromatic carbocycles. The summed E-state index contributed by atoms with van der Waals surface area (Å²) in [6.07, 6.45) is 0. The predicted molar refractivity (Wildman–Crippen MR) is 75.0 cm³/mol.